The van der Waals surface area contributed by atoms with E-state index in [1.165, 1.54) is 6.07 Å². The van der Waals surface area contributed by atoms with Gasteiger partial charge in [0.1, 0.15) is 11.3 Å². The van der Waals surface area contributed by atoms with E-state index in [0.29, 0.717) is 33.0 Å². The van der Waals surface area contributed by atoms with E-state index in [1.54, 1.807) is 24.3 Å². The summed E-state index contributed by atoms with van der Waals surface area (Å²) in [6.07, 6.45) is 0. The first-order chi connectivity index (χ1) is 14.7. The minimum absolute atomic E-state index is 0.0886. The van der Waals surface area contributed by atoms with E-state index in [4.69, 9.17) is 16.0 Å². The lowest BCUT2D eigenvalue weighted by atomic mass is 10.0. The third-order valence-electron chi connectivity index (χ3n) is 5.26. The second-order valence-electron chi connectivity index (χ2n) is 7.90. The zero-order chi connectivity index (χ0) is 22.3. The fourth-order valence-electron chi connectivity index (χ4n) is 3.80. The minimum Gasteiger partial charge on any atom is -0.456 e. The molecule has 4 aromatic rings. The Morgan fingerprint density at radius 3 is 2.19 bits per heavy atom. The van der Waals surface area contributed by atoms with Gasteiger partial charge in [0.15, 0.2) is 5.43 Å². The number of rotatable bonds is 3. The lowest BCUT2D eigenvalue weighted by Crippen LogP contribution is -2.13. The number of hydrogen-bond donors (Lipinski definition) is 1. The van der Waals surface area contributed by atoms with E-state index < -0.39 is 0 Å². The van der Waals surface area contributed by atoms with Crippen molar-refractivity contribution >= 4 is 34.2 Å². The fourth-order valence-corrected chi connectivity index (χ4v) is 4.17. The first kappa shape index (κ1) is 20.9. The van der Waals surface area contributed by atoms with Crippen LogP contribution in [0.4, 0.5) is 5.69 Å². The predicted molar refractivity (Wildman–Crippen MR) is 126 cm³/mol. The monoisotopic (exact) mass is 431 g/mol. The van der Waals surface area contributed by atoms with Gasteiger partial charge in [0, 0.05) is 17.2 Å². The molecule has 0 aliphatic rings. The maximum absolute atomic E-state index is 12.7. The second kappa shape index (κ2) is 8.05. The molecule has 0 aliphatic carbocycles. The molecule has 0 radical (unpaired) electrons. The molecule has 1 aromatic heterocycles. The number of nitrogens with one attached hydrogen (secondary N) is 1. The number of benzene rings is 3. The van der Waals surface area contributed by atoms with Gasteiger partial charge in [-0.25, -0.2) is 0 Å². The highest BCUT2D eigenvalue weighted by molar-refractivity contribution is 6.34. The molecule has 156 valence electrons. The highest BCUT2D eigenvalue weighted by Gasteiger charge is 2.13. The van der Waals surface area contributed by atoms with Gasteiger partial charge in [-0.2, -0.15) is 0 Å². The summed E-state index contributed by atoms with van der Waals surface area (Å²) in [4.78, 5) is 25.3. The van der Waals surface area contributed by atoms with Crippen LogP contribution in [0, 0.1) is 27.7 Å². The Balaban J connectivity index is 1.64. The van der Waals surface area contributed by atoms with E-state index in [0.717, 1.165) is 27.8 Å². The molecule has 4 nitrogen and oxygen atoms in total. The van der Waals surface area contributed by atoms with E-state index in [2.05, 4.69) is 5.32 Å². The molecule has 0 spiro atoms. The normalized spacial score (nSPS) is 11.0. The highest BCUT2D eigenvalue weighted by atomic mass is 35.5. The number of carbonyl (C=O) groups excluding carboxylic acids is 1. The number of halogens is 1. The van der Waals surface area contributed by atoms with Crippen LogP contribution >= 0.6 is 11.6 Å². The summed E-state index contributed by atoms with van der Waals surface area (Å²) < 4.78 is 6.04. The number of fused-ring (bicyclic) bond motifs is 1. The minimum atomic E-state index is -0.258. The third kappa shape index (κ3) is 4.12. The average Bonchev–Trinajstić information content (AvgIpc) is 2.71. The molecule has 1 heterocycles. The van der Waals surface area contributed by atoms with Crippen LogP contribution in [0.5, 0.6) is 0 Å². The lowest BCUT2D eigenvalue weighted by molar-refractivity contribution is 0.102. The molecule has 0 aliphatic heterocycles. The van der Waals surface area contributed by atoms with Gasteiger partial charge < -0.3 is 9.73 Å². The molecular weight excluding hydrogens is 410 g/mol. The molecule has 0 atom stereocenters. The van der Waals surface area contributed by atoms with Crippen molar-refractivity contribution in [3.63, 3.8) is 0 Å². The largest absolute Gasteiger partial charge is 0.456 e. The molecule has 31 heavy (non-hydrogen) atoms. The Morgan fingerprint density at radius 1 is 0.871 bits per heavy atom. The van der Waals surface area contributed by atoms with Gasteiger partial charge in [-0.1, -0.05) is 35.9 Å². The van der Waals surface area contributed by atoms with Crippen molar-refractivity contribution in [2.75, 3.05) is 5.32 Å². The standard InChI is InChI=1S/C26H22ClNO3/c1-14-10-17(4)25-20(11-14)22(29)13-23(31-25)18-5-7-19(8-6-18)26(30)28-24-16(3)9-15(2)12-21(24)27/h5-13H,1-4H3,(H,28,30). The molecule has 0 saturated carbocycles. The van der Waals surface area contributed by atoms with Crippen LogP contribution in [0.1, 0.15) is 32.6 Å². The van der Waals surface area contributed by atoms with E-state index >= 15 is 0 Å². The number of aryl methyl sites for hydroxylation is 4. The summed E-state index contributed by atoms with van der Waals surface area (Å²) >= 11 is 6.30. The third-order valence-corrected chi connectivity index (χ3v) is 5.56. The second-order valence-corrected chi connectivity index (χ2v) is 8.31. The first-order valence-corrected chi connectivity index (χ1v) is 10.3. The molecule has 0 bridgehead atoms. The van der Waals surface area contributed by atoms with Crippen molar-refractivity contribution in [3.05, 3.63) is 97.7 Å². The summed E-state index contributed by atoms with van der Waals surface area (Å²) in [5.74, 6) is 0.209. The quantitative estimate of drug-likeness (QED) is 0.397. The van der Waals surface area contributed by atoms with Crippen molar-refractivity contribution in [3.8, 4) is 11.3 Å². The number of carbonyl (C=O) groups is 1. The molecule has 5 heteroatoms. The fraction of sp³-hybridized carbons (Fsp3) is 0.154. The van der Waals surface area contributed by atoms with Crippen LogP contribution in [0.2, 0.25) is 5.02 Å². The summed E-state index contributed by atoms with van der Waals surface area (Å²) in [5, 5.41) is 3.96. The van der Waals surface area contributed by atoms with Crippen LogP contribution in [0.25, 0.3) is 22.3 Å². The molecule has 3 aromatic carbocycles. The van der Waals surface area contributed by atoms with Gasteiger partial charge in [-0.15, -0.1) is 0 Å². The lowest BCUT2D eigenvalue weighted by Gasteiger charge is -2.12. The van der Waals surface area contributed by atoms with Gasteiger partial charge in [0.25, 0.3) is 5.91 Å². The summed E-state index contributed by atoms with van der Waals surface area (Å²) in [6, 6.07) is 16.0. The molecule has 1 N–H and O–H groups in total. The summed E-state index contributed by atoms with van der Waals surface area (Å²) in [6.45, 7) is 7.74. The Labute approximate surface area is 185 Å². The topological polar surface area (TPSA) is 59.3 Å². The summed E-state index contributed by atoms with van der Waals surface area (Å²) in [7, 11) is 0. The van der Waals surface area contributed by atoms with Crippen molar-refractivity contribution in [2.45, 2.75) is 27.7 Å². The van der Waals surface area contributed by atoms with Crippen LogP contribution in [0.15, 0.2) is 63.8 Å². The van der Waals surface area contributed by atoms with Crippen LogP contribution < -0.4 is 10.7 Å². The van der Waals surface area contributed by atoms with Gasteiger partial charge in [0.2, 0.25) is 0 Å². The zero-order valence-electron chi connectivity index (χ0n) is 17.8. The van der Waals surface area contributed by atoms with Gasteiger partial charge in [-0.05, 0) is 74.2 Å². The van der Waals surface area contributed by atoms with Gasteiger partial charge >= 0.3 is 0 Å². The molecular formula is C26H22ClNO3. The van der Waals surface area contributed by atoms with Gasteiger partial charge in [-0.3, -0.25) is 9.59 Å². The number of amides is 1. The van der Waals surface area contributed by atoms with Crippen molar-refractivity contribution in [1.29, 1.82) is 0 Å². The SMILES string of the molecule is Cc1cc(C)c(NC(=O)c2ccc(-c3cc(=O)c4cc(C)cc(C)c4o3)cc2)c(Cl)c1. The van der Waals surface area contributed by atoms with Crippen molar-refractivity contribution in [1.82, 2.24) is 0 Å². The smallest absolute Gasteiger partial charge is 0.255 e. The van der Waals surface area contributed by atoms with Crippen LogP contribution in [-0.4, -0.2) is 5.91 Å². The van der Waals surface area contributed by atoms with E-state index in [-0.39, 0.29) is 11.3 Å². The molecule has 0 unspecified atom stereocenters. The Kier molecular flexibility index (Phi) is 5.42. The average molecular weight is 432 g/mol. The van der Waals surface area contributed by atoms with Crippen molar-refractivity contribution in [2.24, 2.45) is 0 Å². The summed E-state index contributed by atoms with van der Waals surface area (Å²) in [5.41, 5.74) is 6.17. The Bertz CT molecular complexity index is 1360. The predicted octanol–water partition coefficient (Wildman–Crippen LogP) is 6.60. The van der Waals surface area contributed by atoms with Gasteiger partial charge in [0.05, 0.1) is 16.1 Å². The Morgan fingerprint density at radius 2 is 1.52 bits per heavy atom. The van der Waals surface area contributed by atoms with Crippen molar-refractivity contribution < 1.29 is 9.21 Å². The van der Waals surface area contributed by atoms with E-state index in [9.17, 15) is 9.59 Å². The molecule has 0 saturated heterocycles. The number of anilines is 1. The molecule has 0 fully saturated rings. The van der Waals surface area contributed by atoms with Crippen LogP contribution in [0.3, 0.4) is 0 Å². The molecule has 1 amide bonds. The van der Waals surface area contributed by atoms with E-state index in [1.807, 2.05) is 52.0 Å². The number of hydrogen-bond acceptors (Lipinski definition) is 3. The molecule has 4 rings (SSSR count). The first-order valence-electron chi connectivity index (χ1n) is 9.96. The maximum atomic E-state index is 12.7. The maximum Gasteiger partial charge on any atom is 0.255 e. The highest BCUT2D eigenvalue weighted by Crippen LogP contribution is 2.29. The van der Waals surface area contributed by atoms with Crippen LogP contribution in [-0.2, 0) is 0 Å². The Hall–Kier alpha value is -3.37. The zero-order valence-corrected chi connectivity index (χ0v) is 18.6.